The summed E-state index contributed by atoms with van der Waals surface area (Å²) in [6, 6.07) is 7.92. The van der Waals surface area contributed by atoms with E-state index in [9.17, 15) is 13.2 Å². The van der Waals surface area contributed by atoms with Crippen molar-refractivity contribution in [1.82, 2.24) is 0 Å². The van der Waals surface area contributed by atoms with Crippen molar-refractivity contribution in [3.63, 3.8) is 0 Å². The van der Waals surface area contributed by atoms with Gasteiger partial charge in [-0.15, -0.1) is 0 Å². The summed E-state index contributed by atoms with van der Waals surface area (Å²) in [5.74, 6) is 0.0650. The smallest absolute Gasteiger partial charge is 0.232 e. The van der Waals surface area contributed by atoms with Crippen LogP contribution in [-0.2, 0) is 13.8 Å². The molecule has 4 nitrogen and oxygen atoms in total. The van der Waals surface area contributed by atoms with E-state index in [2.05, 4.69) is 13.8 Å². The van der Waals surface area contributed by atoms with Crippen molar-refractivity contribution < 1.29 is 13.2 Å². The van der Waals surface area contributed by atoms with Gasteiger partial charge in [-0.2, -0.15) is 0 Å². The first-order valence-corrected chi connectivity index (χ1v) is 9.60. The second-order valence-electron chi connectivity index (χ2n) is 5.68. The van der Waals surface area contributed by atoms with Gasteiger partial charge in [0.1, 0.15) is 0 Å². The number of carbonyl (C=O) groups is 1. The van der Waals surface area contributed by atoms with Crippen molar-refractivity contribution in [3.8, 4) is 0 Å². The Morgan fingerprint density at radius 2 is 1.95 bits per heavy atom. The second kappa shape index (κ2) is 6.36. The topological polar surface area (TPSA) is 54.5 Å². The molecule has 0 spiro atoms. The number of halogens is 1. The maximum atomic E-state index is 12.0. The Morgan fingerprint density at radius 1 is 1.33 bits per heavy atom. The van der Waals surface area contributed by atoms with Crippen LogP contribution in [-0.4, -0.2) is 26.6 Å². The molecule has 21 heavy (non-hydrogen) atoms. The van der Waals surface area contributed by atoms with Crippen LogP contribution in [0.2, 0.25) is 0 Å². The quantitative estimate of drug-likeness (QED) is 0.780. The summed E-state index contributed by atoms with van der Waals surface area (Å²) in [6.45, 7) is 4.71. The van der Waals surface area contributed by atoms with Gasteiger partial charge < -0.3 is 4.90 Å². The minimum atomic E-state index is -3.56. The summed E-state index contributed by atoms with van der Waals surface area (Å²) in [5, 5.41) is 0. The van der Waals surface area contributed by atoms with Crippen LogP contribution in [0.25, 0.3) is 0 Å². The van der Waals surface area contributed by atoms with Crippen LogP contribution in [0.5, 0.6) is 0 Å². The Morgan fingerprint density at radius 3 is 2.48 bits per heavy atom. The molecule has 1 aromatic rings. The highest BCUT2D eigenvalue weighted by Crippen LogP contribution is 2.28. The summed E-state index contributed by atoms with van der Waals surface area (Å²) >= 11 is 0. The molecule has 0 saturated carbocycles. The average Bonchev–Trinajstić information content (AvgIpc) is 2.76. The molecule has 0 aliphatic carbocycles. The molecule has 2 rings (SSSR count). The molecular formula is C15H20ClNO3S. The first-order valence-electron chi connectivity index (χ1n) is 7.12. The van der Waals surface area contributed by atoms with Crippen LogP contribution in [0.3, 0.4) is 0 Å². The fourth-order valence-electron chi connectivity index (χ4n) is 2.64. The molecule has 1 aliphatic heterocycles. The second-order valence-corrected chi connectivity index (χ2v) is 8.50. The molecule has 1 heterocycles. The third kappa shape index (κ3) is 4.20. The van der Waals surface area contributed by atoms with Gasteiger partial charge in [0.15, 0.2) is 0 Å². The van der Waals surface area contributed by atoms with Crippen LogP contribution in [0.1, 0.15) is 38.2 Å². The average molecular weight is 330 g/mol. The van der Waals surface area contributed by atoms with E-state index in [0.717, 1.165) is 12.1 Å². The number of nitrogens with zero attached hydrogens (tertiary/aromatic N) is 1. The lowest BCUT2D eigenvalue weighted by molar-refractivity contribution is -0.117. The fraction of sp³-hybridized carbons (Fsp3) is 0.533. The Kier molecular flexibility index (Phi) is 4.94. The van der Waals surface area contributed by atoms with E-state index < -0.39 is 9.05 Å². The molecule has 0 N–H and O–H groups in total. The molecule has 0 radical (unpaired) electrons. The van der Waals surface area contributed by atoms with Crippen LogP contribution in [0, 0.1) is 5.92 Å². The Bertz CT molecular complexity index is 612. The molecule has 1 aromatic carbocycles. The summed E-state index contributed by atoms with van der Waals surface area (Å²) in [4.78, 5) is 13.7. The molecule has 116 valence electrons. The van der Waals surface area contributed by atoms with Crippen LogP contribution >= 0.6 is 10.7 Å². The van der Waals surface area contributed by atoms with Crippen LogP contribution in [0.15, 0.2) is 24.3 Å². The molecule has 6 heteroatoms. The van der Waals surface area contributed by atoms with Gasteiger partial charge in [-0.1, -0.05) is 26.0 Å². The summed E-state index contributed by atoms with van der Waals surface area (Å²) < 4.78 is 22.3. The highest BCUT2D eigenvalue weighted by Gasteiger charge is 2.33. The van der Waals surface area contributed by atoms with E-state index in [1.165, 1.54) is 5.56 Å². The number of carbonyl (C=O) groups excluding carboxylic acids is 1. The van der Waals surface area contributed by atoms with Crippen LogP contribution in [0.4, 0.5) is 5.69 Å². The van der Waals surface area contributed by atoms with Gasteiger partial charge in [-0.25, -0.2) is 8.42 Å². The van der Waals surface area contributed by atoms with E-state index in [-0.39, 0.29) is 24.0 Å². The van der Waals surface area contributed by atoms with Crippen molar-refractivity contribution in [2.24, 2.45) is 5.92 Å². The maximum absolute atomic E-state index is 12.0. The minimum Gasteiger partial charge on any atom is -0.312 e. The zero-order valence-corrected chi connectivity index (χ0v) is 13.8. The number of anilines is 1. The van der Waals surface area contributed by atoms with Crippen molar-refractivity contribution in [2.75, 3.05) is 17.2 Å². The number of rotatable bonds is 5. The number of amides is 1. The lowest BCUT2D eigenvalue weighted by Gasteiger charge is -2.18. The third-order valence-electron chi connectivity index (χ3n) is 4.03. The van der Waals surface area contributed by atoms with Crippen molar-refractivity contribution in [3.05, 3.63) is 29.8 Å². The van der Waals surface area contributed by atoms with E-state index in [4.69, 9.17) is 10.7 Å². The lowest BCUT2D eigenvalue weighted by Crippen LogP contribution is -2.25. The van der Waals surface area contributed by atoms with E-state index >= 15 is 0 Å². The Labute approximate surface area is 130 Å². The lowest BCUT2D eigenvalue weighted by atomic mass is 9.98. The number of hydrogen-bond donors (Lipinski definition) is 0. The molecule has 0 aromatic heterocycles. The van der Waals surface area contributed by atoms with E-state index in [1.807, 2.05) is 24.3 Å². The summed E-state index contributed by atoms with van der Waals surface area (Å²) in [7, 11) is 1.70. The molecule has 0 bridgehead atoms. The highest BCUT2D eigenvalue weighted by atomic mass is 35.7. The Hall–Kier alpha value is -1.07. The van der Waals surface area contributed by atoms with Gasteiger partial charge in [0.25, 0.3) is 0 Å². The number of hydrogen-bond acceptors (Lipinski definition) is 3. The molecule has 1 saturated heterocycles. The molecule has 2 unspecified atom stereocenters. The van der Waals surface area contributed by atoms with E-state index in [1.54, 1.807) is 4.90 Å². The van der Waals surface area contributed by atoms with Crippen LogP contribution < -0.4 is 4.90 Å². The largest absolute Gasteiger partial charge is 0.312 e. The summed E-state index contributed by atoms with van der Waals surface area (Å²) in [6.07, 6.45) is 1.30. The predicted octanol–water partition coefficient (Wildman–Crippen LogP) is 3.12. The van der Waals surface area contributed by atoms with Gasteiger partial charge in [-0.05, 0) is 30.0 Å². The van der Waals surface area contributed by atoms with E-state index in [0.29, 0.717) is 12.5 Å². The first kappa shape index (κ1) is 16.3. The van der Waals surface area contributed by atoms with Crippen molar-refractivity contribution in [1.29, 1.82) is 0 Å². The van der Waals surface area contributed by atoms with Gasteiger partial charge in [0.2, 0.25) is 15.0 Å². The van der Waals surface area contributed by atoms with Gasteiger partial charge in [0, 0.05) is 35.3 Å². The minimum absolute atomic E-state index is 0.0448. The third-order valence-corrected chi connectivity index (χ3v) is 5.27. The molecule has 1 fully saturated rings. The zero-order chi connectivity index (χ0) is 15.6. The SMILES string of the molecule is CCC(C)c1ccc(N2CC(CS(=O)(=O)Cl)CC2=O)cc1. The van der Waals surface area contributed by atoms with Crippen molar-refractivity contribution in [2.45, 2.75) is 32.6 Å². The molecule has 1 amide bonds. The molecule has 2 atom stereocenters. The normalized spacial score (nSPS) is 20.8. The van der Waals surface area contributed by atoms with Crippen molar-refractivity contribution >= 4 is 31.3 Å². The van der Waals surface area contributed by atoms with Gasteiger partial charge in [0.05, 0.1) is 5.75 Å². The first-order chi connectivity index (χ1) is 9.80. The van der Waals surface area contributed by atoms with Gasteiger partial charge in [-0.3, -0.25) is 4.79 Å². The standard InChI is InChI=1S/C15H20ClNO3S/c1-3-11(2)13-4-6-14(7-5-13)17-9-12(8-15(17)18)10-21(16,19)20/h4-7,11-12H,3,8-10H2,1-2H3. The zero-order valence-electron chi connectivity index (χ0n) is 12.3. The Balaban J connectivity index is 2.10. The molecule has 1 aliphatic rings. The summed E-state index contributed by atoms with van der Waals surface area (Å²) in [5.41, 5.74) is 2.06. The highest BCUT2D eigenvalue weighted by molar-refractivity contribution is 8.13. The number of benzene rings is 1. The molecular weight excluding hydrogens is 310 g/mol. The maximum Gasteiger partial charge on any atom is 0.232 e. The monoisotopic (exact) mass is 329 g/mol. The fourth-order valence-corrected chi connectivity index (χ4v) is 3.96. The predicted molar refractivity (Wildman–Crippen MR) is 85.2 cm³/mol. The van der Waals surface area contributed by atoms with Gasteiger partial charge >= 0.3 is 0 Å².